The van der Waals surface area contributed by atoms with E-state index in [4.69, 9.17) is 11.5 Å². The summed E-state index contributed by atoms with van der Waals surface area (Å²) in [5.74, 6) is -12.0. The number of nitrogens with two attached hydrogens (primary N) is 2. The predicted molar refractivity (Wildman–Crippen MR) is 341 cm³/mol. The van der Waals surface area contributed by atoms with Crippen molar-refractivity contribution in [2.24, 2.45) is 34.6 Å². The molecule has 0 aliphatic carbocycles. The van der Waals surface area contributed by atoms with Gasteiger partial charge < -0.3 is 64.3 Å². The normalized spacial score (nSPS) is 23.9. The minimum absolute atomic E-state index is 0.0283. The number of rotatable bonds is 22. The third kappa shape index (κ3) is 25.2. The summed E-state index contributed by atoms with van der Waals surface area (Å²) in [7, 11) is 0. The van der Waals surface area contributed by atoms with Crippen LogP contribution in [0.4, 0.5) is 0 Å². The number of para-hydroxylation sites is 1. The molecule has 1 aromatic carbocycles. The van der Waals surface area contributed by atoms with E-state index in [9.17, 15) is 67.1 Å². The molecule has 4 unspecified atom stereocenters. The second-order valence-corrected chi connectivity index (χ2v) is 25.5. The molecule has 1 aromatic heterocycles. The van der Waals surface area contributed by atoms with Crippen LogP contribution in [0.25, 0.3) is 10.9 Å². The van der Waals surface area contributed by atoms with Crippen LogP contribution in [0.15, 0.2) is 42.6 Å². The number of allylic oxidation sites excluding steroid dienone is 2. The number of carbonyl (C=O) groups is 14. The third-order valence-corrected chi connectivity index (χ3v) is 16.5. The van der Waals surface area contributed by atoms with E-state index in [0.29, 0.717) is 25.7 Å². The number of benzene rings is 1. The Bertz CT molecular complexity index is 2980. The number of amides is 10. The maximum absolute atomic E-state index is 14.6. The fourth-order valence-electron chi connectivity index (χ4n) is 10.7. The molecule has 26 heteroatoms. The molecule has 2 heterocycles. The van der Waals surface area contributed by atoms with Gasteiger partial charge in [-0.1, -0.05) is 70.4 Å². The molecule has 12 atom stereocenters. The van der Waals surface area contributed by atoms with Crippen molar-refractivity contribution < 1.29 is 67.1 Å². The number of primary amides is 2. The van der Waals surface area contributed by atoms with Crippen LogP contribution in [0.3, 0.4) is 0 Å². The lowest BCUT2D eigenvalue weighted by molar-refractivity contribution is -0.141. The molecule has 1 aliphatic rings. The van der Waals surface area contributed by atoms with Gasteiger partial charge in [-0.05, 0) is 138 Å². The van der Waals surface area contributed by atoms with Gasteiger partial charge in [-0.3, -0.25) is 67.1 Å². The molecular weight excluding hydrogens is 1170 g/mol. The van der Waals surface area contributed by atoms with Gasteiger partial charge in [0.1, 0.15) is 53.4 Å². The van der Waals surface area contributed by atoms with E-state index < -0.39 is 142 Å². The van der Waals surface area contributed by atoms with Crippen LogP contribution in [0.1, 0.15) is 179 Å². The number of H-pyrrole nitrogens is 1. The van der Waals surface area contributed by atoms with E-state index in [2.05, 4.69) is 52.8 Å². The van der Waals surface area contributed by atoms with Gasteiger partial charge in [-0.2, -0.15) is 0 Å². The Labute approximate surface area is 533 Å². The quantitative estimate of drug-likeness (QED) is 0.0594. The van der Waals surface area contributed by atoms with Crippen LogP contribution in [-0.4, -0.2) is 148 Å². The van der Waals surface area contributed by atoms with Crippen molar-refractivity contribution in [3.05, 3.63) is 48.2 Å². The van der Waals surface area contributed by atoms with Gasteiger partial charge in [0.05, 0.1) is 18.0 Å². The van der Waals surface area contributed by atoms with Crippen molar-refractivity contribution in [2.75, 3.05) is 6.54 Å². The van der Waals surface area contributed by atoms with Gasteiger partial charge in [0, 0.05) is 54.2 Å². The minimum atomic E-state index is -1.67. The van der Waals surface area contributed by atoms with Crippen LogP contribution < -0.4 is 59.3 Å². The molecule has 1 aliphatic heterocycles. The van der Waals surface area contributed by atoms with E-state index in [1.807, 2.05) is 50.3 Å². The summed E-state index contributed by atoms with van der Waals surface area (Å²) in [5, 5.41) is 24.3. The zero-order valence-corrected chi connectivity index (χ0v) is 55.1. The Morgan fingerprint density at radius 2 is 1.14 bits per heavy atom. The SMILES string of the molecule is CC(=O)C[C@]1(C)CCCCCC/C=C/CCC[C@@](C)(C(=O)NC(C)C(=O)N[C@@H](C)C(=O)NC(C)C(=O)N[C@@H](C)C(=O)NC(C)C(=O)N[C@@H](C)C(N)=O)NC(=O)[C@H](CC(C)C)CN[C@@H](CCC(N)=O)C(=O)C(=O)C(C)NC(=O)[C@H](Cc2c[nH]c3ccccc23)CC1=O. The van der Waals surface area contributed by atoms with Crippen molar-refractivity contribution in [3.8, 4) is 0 Å². The highest BCUT2D eigenvalue weighted by molar-refractivity contribution is 6.41. The molecule has 10 amide bonds. The molecule has 2 aromatic rings. The third-order valence-electron chi connectivity index (χ3n) is 16.5. The van der Waals surface area contributed by atoms with Crippen molar-refractivity contribution in [2.45, 2.75) is 233 Å². The maximum Gasteiger partial charge on any atom is 0.246 e. The zero-order valence-electron chi connectivity index (χ0n) is 55.1. The lowest BCUT2D eigenvalue weighted by Gasteiger charge is -2.33. The van der Waals surface area contributed by atoms with Gasteiger partial charge in [0.2, 0.25) is 70.6 Å². The van der Waals surface area contributed by atoms with Crippen LogP contribution in [0.5, 0.6) is 0 Å². The number of aromatic nitrogens is 1. The van der Waals surface area contributed by atoms with Crippen molar-refractivity contribution >= 4 is 93.1 Å². The van der Waals surface area contributed by atoms with E-state index >= 15 is 0 Å². The van der Waals surface area contributed by atoms with Gasteiger partial charge in [0.25, 0.3) is 0 Å². The monoisotopic (exact) mass is 1270 g/mol. The Hall–Kier alpha value is -8.16. The molecule has 91 heavy (non-hydrogen) atoms. The molecule has 0 fully saturated rings. The topological polar surface area (TPSA) is 415 Å². The second-order valence-electron chi connectivity index (χ2n) is 25.5. The van der Waals surface area contributed by atoms with E-state index in [1.165, 1.54) is 62.3 Å². The van der Waals surface area contributed by atoms with Crippen LogP contribution >= 0.6 is 0 Å². The van der Waals surface area contributed by atoms with E-state index in [0.717, 1.165) is 42.1 Å². The van der Waals surface area contributed by atoms with Gasteiger partial charge >= 0.3 is 0 Å². The molecule has 14 N–H and O–H groups in total. The maximum atomic E-state index is 14.6. The Morgan fingerprint density at radius 3 is 1.67 bits per heavy atom. The number of aromatic amines is 1. The predicted octanol–water partition coefficient (Wildman–Crippen LogP) is 2.27. The second kappa shape index (κ2) is 36.6. The molecule has 26 nitrogen and oxygen atoms in total. The highest BCUT2D eigenvalue weighted by Gasteiger charge is 2.41. The number of nitrogens with one attached hydrogen (secondary N) is 10. The lowest BCUT2D eigenvalue weighted by Crippen LogP contribution is -2.62. The molecule has 3 rings (SSSR count). The largest absolute Gasteiger partial charge is 0.370 e. The zero-order chi connectivity index (χ0) is 68.5. The van der Waals surface area contributed by atoms with Crippen LogP contribution in [-0.2, 0) is 73.5 Å². The summed E-state index contributed by atoms with van der Waals surface area (Å²) >= 11 is 0. The Morgan fingerprint density at radius 1 is 0.626 bits per heavy atom. The molecule has 0 saturated heterocycles. The smallest absolute Gasteiger partial charge is 0.246 e. The molecule has 0 spiro atoms. The summed E-state index contributed by atoms with van der Waals surface area (Å²) in [6, 6.07) is -2.37. The van der Waals surface area contributed by atoms with Crippen molar-refractivity contribution in [1.29, 1.82) is 0 Å². The summed E-state index contributed by atoms with van der Waals surface area (Å²) in [5.41, 5.74) is 9.52. The van der Waals surface area contributed by atoms with Gasteiger partial charge in [0.15, 0.2) is 0 Å². The minimum Gasteiger partial charge on any atom is -0.370 e. The van der Waals surface area contributed by atoms with Gasteiger partial charge in [-0.25, -0.2) is 0 Å². The fraction of sp³-hybridized carbons (Fsp3) is 0.631. The number of carbonyl (C=O) groups excluding carboxylic acids is 14. The van der Waals surface area contributed by atoms with E-state index in [-0.39, 0.29) is 69.0 Å². The number of hydrogen-bond acceptors (Lipinski definition) is 15. The Kier molecular flexibility index (Phi) is 31.0. The summed E-state index contributed by atoms with van der Waals surface area (Å²) in [6.07, 6.45) is 10.3. The first-order valence-electron chi connectivity index (χ1n) is 31.7. The molecule has 0 saturated carbocycles. The fourth-order valence-corrected chi connectivity index (χ4v) is 10.7. The number of hydrogen-bond donors (Lipinski definition) is 12. The summed E-state index contributed by atoms with van der Waals surface area (Å²) in [4.78, 5) is 191. The first-order valence-corrected chi connectivity index (χ1v) is 31.7. The van der Waals surface area contributed by atoms with E-state index in [1.54, 1.807) is 13.1 Å². The van der Waals surface area contributed by atoms with Crippen LogP contribution in [0, 0.1) is 23.2 Å². The lowest BCUT2D eigenvalue weighted by atomic mass is 9.73. The average molecular weight is 1270 g/mol. The Balaban J connectivity index is 1.88. The first-order chi connectivity index (χ1) is 42.6. The summed E-state index contributed by atoms with van der Waals surface area (Å²) < 4.78 is 0. The average Bonchev–Trinajstić information content (AvgIpc) is 1.85. The number of ketones is 4. The highest BCUT2D eigenvalue weighted by Crippen LogP contribution is 2.34. The standard InChI is InChI=1S/C65H100N12O14/c1-36(2)30-47-35-69-50(26-27-52(66)80)54(82)53(81)38(4)70-61(89)45(31-46-34-68-49-25-21-20-24-48(46)49)32-51(79)64(11,33-37(3)78)28-22-18-16-14-13-15-17-19-23-29-65(12,77-62(47)90)63(91)76-44(10)60(88)75-43(9)59(87)74-42(8)58(86)73-41(7)57(85)72-40(6)56(84)71-39(5)55(67)83/h15,17,20-21,24-25,34,36,38-45,47,50,68-69H,13-14,16,18-19,22-23,26-33,35H2,1-12H3,(H2,66,80)(H2,67,83)(H,70,89)(H,71,84)(H,72,85)(H,73,86)(H,74,87)(H,75,88)(H,76,91)(H,77,90)/b17-15+/t38?,39-,40?,41-,42?,43-,44?,45+,47+,50-,64-,65-/m0/s1. The number of Topliss-reactive ketones (excluding diaryl/α,β-unsaturated/α-hetero) is 4. The molecular formula is C65H100N12O14. The molecule has 0 bridgehead atoms. The number of fused-ring (bicyclic) bond motifs is 1. The molecule has 504 valence electrons. The van der Waals surface area contributed by atoms with Crippen molar-refractivity contribution in [3.63, 3.8) is 0 Å². The highest BCUT2D eigenvalue weighted by atomic mass is 16.2. The van der Waals surface area contributed by atoms with Crippen molar-refractivity contribution in [1.82, 2.24) is 52.8 Å². The summed E-state index contributed by atoms with van der Waals surface area (Å²) in [6.45, 7) is 17.7. The van der Waals surface area contributed by atoms with Gasteiger partial charge in [-0.15, -0.1) is 0 Å². The van der Waals surface area contributed by atoms with Crippen LogP contribution in [0.2, 0.25) is 0 Å². The molecule has 0 radical (unpaired) electrons. The first kappa shape index (κ1) is 77.1.